The van der Waals surface area contributed by atoms with E-state index in [1.807, 2.05) is 0 Å². The summed E-state index contributed by atoms with van der Waals surface area (Å²) in [5, 5.41) is 21.9. The van der Waals surface area contributed by atoms with Crippen LogP contribution in [0.3, 0.4) is 0 Å². The van der Waals surface area contributed by atoms with Gasteiger partial charge in [0.25, 0.3) is 0 Å². The van der Waals surface area contributed by atoms with E-state index >= 15 is 0 Å². The maximum absolute atomic E-state index is 11.0. The smallest absolute Gasteiger partial charge is 0.169 e. The fraction of sp³-hybridized carbons (Fsp3) is 0.800. The monoisotopic (exact) mass is 520 g/mol. The van der Waals surface area contributed by atoms with Gasteiger partial charge in [-0.25, -0.2) is 4.57 Å². The molecule has 1 aromatic rings. The first-order chi connectivity index (χ1) is 17.9. The molecule has 3 nitrogen and oxygen atoms in total. The first kappa shape index (κ1) is 27.0. The van der Waals surface area contributed by atoms with Crippen LogP contribution < -0.4 is 4.57 Å². The van der Waals surface area contributed by atoms with E-state index in [9.17, 15) is 10.2 Å². The SMILES string of the molecule is C=C(C[n+]1ccccc1)[C@@H]1CC[C@]2(CO)CC[C@]3(C)[C@H](CC[C@@H]4[C@@]5(C)CCC(O)C(C)(C)[C@@H]5CC[C@]43C)[C@@H]12. The lowest BCUT2D eigenvalue weighted by Crippen LogP contribution is -2.66. The molecule has 5 fully saturated rings. The molecule has 0 aliphatic heterocycles. The zero-order valence-electron chi connectivity index (χ0n) is 24.9. The molecule has 0 aromatic carbocycles. The molecule has 10 atom stereocenters. The molecule has 1 aromatic heterocycles. The van der Waals surface area contributed by atoms with Crippen LogP contribution >= 0.6 is 0 Å². The van der Waals surface area contributed by atoms with Crippen LogP contribution in [0.1, 0.15) is 98.8 Å². The maximum Gasteiger partial charge on any atom is 0.169 e. The van der Waals surface area contributed by atoms with E-state index in [-0.39, 0.29) is 16.9 Å². The Kier molecular flexibility index (Phi) is 6.33. The van der Waals surface area contributed by atoms with Crippen molar-refractivity contribution in [3.05, 3.63) is 42.7 Å². The number of aromatic nitrogens is 1. The van der Waals surface area contributed by atoms with E-state index in [0.717, 1.165) is 25.3 Å². The highest BCUT2D eigenvalue weighted by molar-refractivity contribution is 5.21. The predicted molar refractivity (Wildman–Crippen MR) is 153 cm³/mol. The molecule has 0 amide bonds. The summed E-state index contributed by atoms with van der Waals surface area (Å²) >= 11 is 0. The number of aliphatic hydroxyl groups excluding tert-OH is 2. The standard InChI is InChI=1S/C35H54NO2/c1-24(22-36-20-8-7-9-21-36)25-12-17-35(23-37)19-18-33(5)26(30(25)35)10-11-28-32(4)15-14-29(38)31(2,3)27(32)13-16-34(28,33)6/h7-9,20-21,25-30,37-38H,1,10-19,22-23H2,2-6H3/q+1/t25-,26+,27-,28+,29?,30+,32-,33+,34+,35+/m0/s1. The Morgan fingerprint density at radius 2 is 1.55 bits per heavy atom. The molecule has 5 saturated carbocycles. The highest BCUT2D eigenvalue weighted by Crippen LogP contribution is 2.77. The van der Waals surface area contributed by atoms with Crippen molar-refractivity contribution in [2.24, 2.45) is 56.7 Å². The third kappa shape index (κ3) is 3.49. The average Bonchev–Trinajstić information content (AvgIpc) is 3.28. The van der Waals surface area contributed by atoms with Crippen LogP contribution in [0.25, 0.3) is 0 Å². The number of pyridine rings is 1. The Hall–Kier alpha value is -1.19. The molecule has 38 heavy (non-hydrogen) atoms. The third-order valence-corrected chi connectivity index (χ3v) is 14.6. The van der Waals surface area contributed by atoms with E-state index in [2.05, 4.69) is 69.8 Å². The Balaban J connectivity index is 1.34. The summed E-state index contributed by atoms with van der Waals surface area (Å²) in [5.41, 5.74) is 2.41. The van der Waals surface area contributed by atoms with Gasteiger partial charge in [-0.3, -0.25) is 0 Å². The number of nitrogens with zero attached hydrogens (tertiary/aromatic N) is 1. The molecule has 0 spiro atoms. The van der Waals surface area contributed by atoms with Crippen LogP contribution in [0.15, 0.2) is 42.7 Å². The summed E-state index contributed by atoms with van der Waals surface area (Å²) < 4.78 is 2.28. The zero-order valence-corrected chi connectivity index (χ0v) is 24.9. The van der Waals surface area contributed by atoms with Crippen molar-refractivity contribution in [3.63, 3.8) is 0 Å². The fourth-order valence-electron chi connectivity index (χ4n) is 12.3. The number of aliphatic hydroxyl groups is 2. The first-order valence-corrected chi connectivity index (χ1v) is 15.8. The number of rotatable bonds is 4. The van der Waals surface area contributed by atoms with E-state index in [0.29, 0.717) is 46.5 Å². The second-order valence-corrected chi connectivity index (χ2v) is 15.9. The van der Waals surface area contributed by atoms with E-state index in [1.165, 1.54) is 56.9 Å². The molecule has 0 saturated heterocycles. The van der Waals surface area contributed by atoms with Crippen molar-refractivity contribution >= 4 is 0 Å². The molecule has 0 bridgehead atoms. The van der Waals surface area contributed by atoms with Crippen LogP contribution in [0.5, 0.6) is 0 Å². The average molecular weight is 521 g/mol. The number of allylic oxidation sites excluding steroid dienone is 1. The van der Waals surface area contributed by atoms with E-state index < -0.39 is 0 Å². The van der Waals surface area contributed by atoms with E-state index in [1.54, 1.807) is 0 Å². The number of hydrogen-bond donors (Lipinski definition) is 2. The topological polar surface area (TPSA) is 44.3 Å². The van der Waals surface area contributed by atoms with Gasteiger partial charge in [-0.15, -0.1) is 0 Å². The van der Waals surface area contributed by atoms with Crippen molar-refractivity contribution < 1.29 is 14.8 Å². The molecule has 5 aliphatic carbocycles. The molecular formula is C35H54NO2+. The molecular weight excluding hydrogens is 466 g/mol. The number of fused-ring (bicyclic) bond motifs is 7. The molecule has 0 radical (unpaired) electrons. The van der Waals surface area contributed by atoms with Crippen molar-refractivity contribution in [2.75, 3.05) is 6.61 Å². The van der Waals surface area contributed by atoms with E-state index in [4.69, 9.17) is 6.58 Å². The molecule has 1 heterocycles. The Labute approximate surface area is 232 Å². The molecule has 5 aliphatic rings. The van der Waals surface area contributed by atoms with Crippen molar-refractivity contribution in [1.82, 2.24) is 0 Å². The molecule has 3 heteroatoms. The van der Waals surface area contributed by atoms with Gasteiger partial charge >= 0.3 is 0 Å². The summed E-state index contributed by atoms with van der Waals surface area (Å²) in [5.74, 6) is 3.06. The molecule has 6 rings (SSSR count). The van der Waals surface area contributed by atoms with Crippen molar-refractivity contribution in [2.45, 2.75) is 111 Å². The quantitative estimate of drug-likeness (QED) is 0.333. The maximum atomic E-state index is 11.0. The summed E-state index contributed by atoms with van der Waals surface area (Å²) in [6, 6.07) is 6.31. The van der Waals surface area contributed by atoms with Crippen LogP contribution in [-0.2, 0) is 6.54 Å². The normalized spacial score (nSPS) is 49.3. The zero-order chi connectivity index (χ0) is 27.1. The largest absolute Gasteiger partial charge is 0.396 e. The van der Waals surface area contributed by atoms with Crippen LogP contribution in [0, 0.1) is 56.7 Å². The van der Waals surface area contributed by atoms with Gasteiger partial charge in [-0.2, -0.15) is 0 Å². The van der Waals surface area contributed by atoms with Gasteiger partial charge in [0.2, 0.25) is 0 Å². The van der Waals surface area contributed by atoms with Crippen molar-refractivity contribution in [3.8, 4) is 0 Å². The molecule has 210 valence electrons. The lowest BCUT2D eigenvalue weighted by molar-refractivity contribution is -0.689. The van der Waals surface area contributed by atoms with Crippen molar-refractivity contribution in [1.29, 1.82) is 0 Å². The summed E-state index contributed by atoms with van der Waals surface area (Å²) in [6.45, 7) is 18.6. The summed E-state index contributed by atoms with van der Waals surface area (Å²) in [6.07, 6.45) is 16.3. The summed E-state index contributed by atoms with van der Waals surface area (Å²) in [4.78, 5) is 0. The van der Waals surface area contributed by atoms with Gasteiger partial charge in [0.05, 0.1) is 6.10 Å². The van der Waals surface area contributed by atoms with Gasteiger partial charge in [0, 0.05) is 18.7 Å². The molecule has 1 unspecified atom stereocenters. The second kappa shape index (κ2) is 8.90. The Morgan fingerprint density at radius 1 is 0.816 bits per heavy atom. The predicted octanol–water partition coefficient (Wildman–Crippen LogP) is 6.97. The Bertz CT molecular complexity index is 1070. The van der Waals surface area contributed by atoms with Gasteiger partial charge in [-0.1, -0.05) is 47.3 Å². The lowest BCUT2D eigenvalue weighted by atomic mass is 9.32. The van der Waals surface area contributed by atoms with Crippen LogP contribution in [0.4, 0.5) is 0 Å². The first-order valence-electron chi connectivity index (χ1n) is 15.8. The summed E-state index contributed by atoms with van der Waals surface area (Å²) in [7, 11) is 0. The van der Waals surface area contributed by atoms with Gasteiger partial charge < -0.3 is 10.2 Å². The fourth-order valence-corrected chi connectivity index (χ4v) is 12.3. The van der Waals surface area contributed by atoms with Crippen LogP contribution in [-0.4, -0.2) is 22.9 Å². The highest BCUT2D eigenvalue weighted by atomic mass is 16.3. The minimum absolute atomic E-state index is 0.00802. The minimum Gasteiger partial charge on any atom is -0.396 e. The van der Waals surface area contributed by atoms with Gasteiger partial charge in [0.1, 0.15) is 0 Å². The highest BCUT2D eigenvalue weighted by Gasteiger charge is 2.70. The molecule has 2 N–H and O–H groups in total. The van der Waals surface area contributed by atoms with Gasteiger partial charge in [-0.05, 0) is 126 Å². The van der Waals surface area contributed by atoms with Crippen LogP contribution in [0.2, 0.25) is 0 Å². The Morgan fingerprint density at radius 3 is 2.26 bits per heavy atom. The lowest BCUT2D eigenvalue weighted by Gasteiger charge is -2.73. The number of hydrogen-bond acceptors (Lipinski definition) is 2. The minimum atomic E-state index is -0.163. The second-order valence-electron chi connectivity index (χ2n) is 15.9. The third-order valence-electron chi connectivity index (χ3n) is 14.6. The van der Waals surface area contributed by atoms with Gasteiger partial charge in [0.15, 0.2) is 18.9 Å².